The van der Waals surface area contributed by atoms with Gasteiger partial charge in [-0.25, -0.2) is 9.97 Å². The molecule has 33 heavy (non-hydrogen) atoms. The second-order valence-electron chi connectivity index (χ2n) is 7.99. The molecule has 6 nitrogen and oxygen atoms in total. The van der Waals surface area contributed by atoms with Crippen LogP contribution >= 0.6 is 11.6 Å². The third-order valence-electron chi connectivity index (χ3n) is 5.91. The minimum Gasteiger partial charge on any atom is -0.276 e. The lowest BCUT2D eigenvalue weighted by molar-refractivity contribution is 1.04. The highest BCUT2D eigenvalue weighted by atomic mass is 35.5. The Kier molecular flexibility index (Phi) is 5.20. The summed E-state index contributed by atoms with van der Waals surface area (Å²) < 4.78 is 1.97. The molecule has 7 heteroatoms. The predicted molar refractivity (Wildman–Crippen MR) is 134 cm³/mol. The number of imidazole rings is 1. The van der Waals surface area contributed by atoms with Gasteiger partial charge in [0.15, 0.2) is 5.65 Å². The summed E-state index contributed by atoms with van der Waals surface area (Å²) in [6.07, 6.45) is 2.41. The minimum atomic E-state index is 0.391. The van der Waals surface area contributed by atoms with Gasteiger partial charge in [-0.3, -0.25) is 9.83 Å². The SMILES string of the molecule is CCc1c(C)c(C#N)c2nc3ccccc3n2c1N/N=C/c1cc2cc(C)ccc2nc1Cl. The van der Waals surface area contributed by atoms with Gasteiger partial charge in [0.05, 0.1) is 28.3 Å². The fourth-order valence-electron chi connectivity index (χ4n) is 4.28. The molecule has 5 aromatic rings. The Labute approximate surface area is 196 Å². The summed E-state index contributed by atoms with van der Waals surface area (Å²) in [4.78, 5) is 9.21. The van der Waals surface area contributed by atoms with Crippen molar-refractivity contribution in [3.63, 3.8) is 0 Å². The molecule has 3 heterocycles. The zero-order valence-electron chi connectivity index (χ0n) is 18.5. The van der Waals surface area contributed by atoms with Crippen molar-refractivity contribution in [2.24, 2.45) is 5.10 Å². The molecule has 0 amide bonds. The number of para-hydroxylation sites is 2. The molecular formula is C26H21ClN6. The summed E-state index contributed by atoms with van der Waals surface area (Å²) >= 11 is 6.42. The fraction of sp³-hybridized carbons (Fsp3) is 0.154. The molecule has 0 saturated heterocycles. The Balaban J connectivity index is 1.65. The van der Waals surface area contributed by atoms with Gasteiger partial charge in [-0.2, -0.15) is 10.4 Å². The molecule has 0 aliphatic carbocycles. The second-order valence-corrected chi connectivity index (χ2v) is 8.34. The van der Waals surface area contributed by atoms with E-state index in [-0.39, 0.29) is 0 Å². The van der Waals surface area contributed by atoms with Crippen LogP contribution in [-0.2, 0) is 6.42 Å². The quantitative estimate of drug-likeness (QED) is 0.200. The van der Waals surface area contributed by atoms with Crippen LogP contribution in [0.1, 0.15) is 34.7 Å². The van der Waals surface area contributed by atoms with E-state index in [1.165, 1.54) is 0 Å². The van der Waals surface area contributed by atoms with Crippen molar-refractivity contribution in [1.82, 2.24) is 14.4 Å². The molecule has 1 N–H and O–H groups in total. The number of pyridine rings is 2. The van der Waals surface area contributed by atoms with Gasteiger partial charge in [-0.1, -0.05) is 42.3 Å². The van der Waals surface area contributed by atoms with Gasteiger partial charge in [-0.05, 0) is 61.7 Å². The topological polar surface area (TPSA) is 78.4 Å². The average molecular weight is 453 g/mol. The van der Waals surface area contributed by atoms with Crippen molar-refractivity contribution in [3.05, 3.63) is 81.5 Å². The number of anilines is 1. The van der Waals surface area contributed by atoms with E-state index in [2.05, 4.69) is 34.6 Å². The number of hydrogen-bond donors (Lipinski definition) is 1. The number of hydrazone groups is 1. The standard InChI is InChI=1S/C26H21ClN6/c1-4-19-16(3)20(13-28)25-31-22-7-5-6-8-23(22)33(25)26(19)32-29-14-18-12-17-11-15(2)9-10-21(17)30-24(18)27/h5-12,14,32H,4H2,1-3H3/b29-14+. The molecule has 0 fully saturated rings. The molecule has 0 atom stereocenters. The first kappa shape index (κ1) is 20.9. The van der Waals surface area contributed by atoms with Gasteiger partial charge in [0, 0.05) is 10.9 Å². The Bertz CT molecular complexity index is 1620. The van der Waals surface area contributed by atoms with E-state index < -0.39 is 0 Å². The zero-order chi connectivity index (χ0) is 23.1. The van der Waals surface area contributed by atoms with Crippen LogP contribution in [0.4, 0.5) is 5.82 Å². The molecule has 3 aromatic heterocycles. The third kappa shape index (κ3) is 3.47. The van der Waals surface area contributed by atoms with E-state index in [4.69, 9.17) is 16.6 Å². The molecule has 162 valence electrons. The summed E-state index contributed by atoms with van der Waals surface area (Å²) in [6.45, 7) is 6.07. The van der Waals surface area contributed by atoms with Gasteiger partial charge in [-0.15, -0.1) is 0 Å². The number of nitrogens with zero attached hydrogens (tertiary/aromatic N) is 5. The maximum atomic E-state index is 9.84. The fourth-order valence-corrected chi connectivity index (χ4v) is 4.47. The summed E-state index contributed by atoms with van der Waals surface area (Å²) in [5.74, 6) is 0.787. The minimum absolute atomic E-state index is 0.391. The Morgan fingerprint density at radius 1 is 1.12 bits per heavy atom. The van der Waals surface area contributed by atoms with Gasteiger partial charge < -0.3 is 0 Å². The molecule has 0 aliphatic rings. The monoisotopic (exact) mass is 452 g/mol. The van der Waals surface area contributed by atoms with Gasteiger partial charge >= 0.3 is 0 Å². The number of rotatable bonds is 4. The number of hydrogen-bond acceptors (Lipinski definition) is 5. The first-order valence-corrected chi connectivity index (χ1v) is 11.1. The highest BCUT2D eigenvalue weighted by molar-refractivity contribution is 6.32. The van der Waals surface area contributed by atoms with E-state index in [9.17, 15) is 5.26 Å². The zero-order valence-corrected chi connectivity index (χ0v) is 19.3. The van der Waals surface area contributed by atoms with Crippen molar-refractivity contribution in [2.45, 2.75) is 27.2 Å². The number of aromatic nitrogens is 3. The number of nitriles is 1. The number of halogens is 1. The highest BCUT2D eigenvalue weighted by Crippen LogP contribution is 2.31. The van der Waals surface area contributed by atoms with E-state index in [1.54, 1.807) is 6.21 Å². The summed E-state index contributed by atoms with van der Waals surface area (Å²) in [5.41, 5.74) is 10.8. The average Bonchev–Trinajstić information content (AvgIpc) is 3.19. The Morgan fingerprint density at radius 2 is 1.94 bits per heavy atom. The van der Waals surface area contributed by atoms with Crippen LogP contribution in [0.15, 0.2) is 53.6 Å². The number of aryl methyl sites for hydroxylation is 1. The van der Waals surface area contributed by atoms with Crippen molar-refractivity contribution in [2.75, 3.05) is 5.43 Å². The maximum absolute atomic E-state index is 9.84. The molecule has 0 saturated carbocycles. The van der Waals surface area contributed by atoms with Crippen LogP contribution in [0.3, 0.4) is 0 Å². The van der Waals surface area contributed by atoms with Crippen LogP contribution in [-0.4, -0.2) is 20.6 Å². The maximum Gasteiger partial charge on any atom is 0.157 e. The number of nitrogens with one attached hydrogen (secondary N) is 1. The van der Waals surface area contributed by atoms with Crippen LogP contribution in [0.25, 0.3) is 27.6 Å². The van der Waals surface area contributed by atoms with Crippen LogP contribution in [0.2, 0.25) is 5.15 Å². The smallest absolute Gasteiger partial charge is 0.157 e. The number of fused-ring (bicyclic) bond motifs is 4. The van der Waals surface area contributed by atoms with Crippen molar-refractivity contribution in [1.29, 1.82) is 5.26 Å². The Hall–Kier alpha value is -3.95. The summed E-state index contributed by atoms with van der Waals surface area (Å²) in [5, 5.41) is 15.7. The molecule has 0 radical (unpaired) electrons. The van der Waals surface area contributed by atoms with Gasteiger partial charge in [0.25, 0.3) is 0 Å². The lowest BCUT2D eigenvalue weighted by atomic mass is 10.0. The van der Waals surface area contributed by atoms with E-state index >= 15 is 0 Å². The highest BCUT2D eigenvalue weighted by Gasteiger charge is 2.19. The van der Waals surface area contributed by atoms with Crippen molar-refractivity contribution >= 4 is 51.2 Å². The van der Waals surface area contributed by atoms with Gasteiger partial charge in [0.1, 0.15) is 17.0 Å². The largest absolute Gasteiger partial charge is 0.276 e. The van der Waals surface area contributed by atoms with Crippen molar-refractivity contribution < 1.29 is 0 Å². The van der Waals surface area contributed by atoms with E-state index in [0.717, 1.165) is 56.4 Å². The van der Waals surface area contributed by atoms with Crippen LogP contribution in [0.5, 0.6) is 0 Å². The second kappa shape index (κ2) is 8.19. The first-order chi connectivity index (χ1) is 16.0. The lowest BCUT2D eigenvalue weighted by Crippen LogP contribution is -2.07. The van der Waals surface area contributed by atoms with Crippen molar-refractivity contribution in [3.8, 4) is 6.07 Å². The van der Waals surface area contributed by atoms with Crippen LogP contribution in [0, 0.1) is 25.2 Å². The van der Waals surface area contributed by atoms with E-state index in [0.29, 0.717) is 16.4 Å². The molecule has 0 bridgehead atoms. The molecule has 5 rings (SSSR count). The summed E-state index contributed by atoms with van der Waals surface area (Å²) in [7, 11) is 0. The predicted octanol–water partition coefficient (Wildman–Crippen LogP) is 6.19. The lowest BCUT2D eigenvalue weighted by Gasteiger charge is -2.15. The molecule has 0 unspecified atom stereocenters. The molecule has 0 aliphatic heterocycles. The summed E-state index contributed by atoms with van der Waals surface area (Å²) in [6, 6.07) is 18.2. The van der Waals surface area contributed by atoms with Crippen LogP contribution < -0.4 is 5.43 Å². The first-order valence-electron chi connectivity index (χ1n) is 10.7. The Morgan fingerprint density at radius 3 is 2.73 bits per heavy atom. The van der Waals surface area contributed by atoms with E-state index in [1.807, 2.05) is 60.7 Å². The molecule has 2 aromatic carbocycles. The normalized spacial score (nSPS) is 11.6. The molecule has 0 spiro atoms. The number of benzene rings is 2. The third-order valence-corrected chi connectivity index (χ3v) is 6.21. The molecular weight excluding hydrogens is 432 g/mol. The van der Waals surface area contributed by atoms with Gasteiger partial charge in [0.2, 0.25) is 0 Å².